The lowest BCUT2D eigenvalue weighted by Crippen LogP contribution is -2.68. The molecule has 0 heterocycles. The Morgan fingerprint density at radius 3 is 2.12 bits per heavy atom. The Balaban J connectivity index is 1.15. The molecule has 0 aliphatic heterocycles. The average molecular weight is 727 g/mol. The fraction of sp³-hybridized carbons (Fsp3) is 0.681. The third kappa shape index (κ3) is 7.29. The Bertz CT molecular complexity index is 1490. The predicted molar refractivity (Wildman–Crippen MR) is 217 cm³/mol. The minimum Gasteiger partial charge on any atom is -0.466 e. The summed E-state index contributed by atoms with van der Waals surface area (Å²) in [6, 6.07) is 22.4. The Hall–Kier alpha value is -2.21. The van der Waals surface area contributed by atoms with Crippen molar-refractivity contribution in [1.29, 1.82) is 0 Å². The van der Waals surface area contributed by atoms with E-state index >= 15 is 0 Å². The summed E-state index contributed by atoms with van der Waals surface area (Å²) in [5, 5.41) is 14.5. The number of ether oxygens (including phenoxy) is 1. The topological polar surface area (TPSA) is 55.8 Å². The summed E-state index contributed by atoms with van der Waals surface area (Å²) in [7, 11) is -2.58. The van der Waals surface area contributed by atoms with Gasteiger partial charge >= 0.3 is 5.97 Å². The molecule has 52 heavy (non-hydrogen) atoms. The quantitative estimate of drug-likeness (QED) is 0.134. The number of allylic oxidation sites excluding steroid dienone is 1. The smallest absolute Gasteiger partial charge is 0.302 e. The second kappa shape index (κ2) is 15.5. The largest absolute Gasteiger partial charge is 0.466 e. The zero-order chi connectivity index (χ0) is 37.5. The van der Waals surface area contributed by atoms with Crippen molar-refractivity contribution in [3.63, 3.8) is 0 Å². The van der Waals surface area contributed by atoms with Crippen LogP contribution in [0.4, 0.5) is 0 Å². The lowest BCUT2D eigenvalue weighted by atomic mass is 9.44. The molecule has 0 spiro atoms. The number of carbonyl (C=O) groups excluding carboxylic acids is 1. The standard InChI is InChI=1S/C47H70O4Si/c1-32(2)35(26-29-50-34(4)48)30-44(49)33(3)41-22-23-42-40-21-20-36-31-37(24-27-46(36,8)43(40)25-28-47(41,42)9)51-52(45(5,6)7,38-16-12-10-13-17-38)39-18-14-11-15-19-39/h10-19,22,32-33,35-37,40,42-44,49H,20-21,23-31H2,1-9H3/t33-,35+,36-,37-,40-,42-,43-,44+,46-,47+/m0/s1. The number of esters is 1. The summed E-state index contributed by atoms with van der Waals surface area (Å²) in [6.45, 7) is 21.1. The molecule has 4 nitrogen and oxygen atoms in total. The van der Waals surface area contributed by atoms with Gasteiger partial charge in [-0.25, -0.2) is 0 Å². The molecule has 4 aliphatic carbocycles. The van der Waals surface area contributed by atoms with Gasteiger partial charge < -0.3 is 14.3 Å². The van der Waals surface area contributed by atoms with Gasteiger partial charge in [-0.3, -0.25) is 4.79 Å². The number of rotatable bonds is 12. The van der Waals surface area contributed by atoms with E-state index < -0.39 is 8.32 Å². The van der Waals surface area contributed by atoms with E-state index in [0.29, 0.717) is 41.8 Å². The highest BCUT2D eigenvalue weighted by Crippen LogP contribution is 2.67. The molecule has 1 N–H and O–H groups in total. The molecule has 6 rings (SSSR count). The van der Waals surface area contributed by atoms with Crippen molar-refractivity contribution in [3.8, 4) is 0 Å². The molecule has 4 aliphatic rings. The second-order valence-electron chi connectivity index (χ2n) is 19.4. The van der Waals surface area contributed by atoms with Crippen molar-refractivity contribution >= 4 is 24.7 Å². The van der Waals surface area contributed by atoms with Gasteiger partial charge in [0.1, 0.15) is 0 Å². The summed E-state index contributed by atoms with van der Waals surface area (Å²) in [4.78, 5) is 11.4. The van der Waals surface area contributed by atoms with Gasteiger partial charge in [-0.2, -0.15) is 0 Å². The van der Waals surface area contributed by atoms with Crippen molar-refractivity contribution in [2.75, 3.05) is 6.61 Å². The molecule has 0 radical (unpaired) electrons. The zero-order valence-corrected chi connectivity index (χ0v) is 35.0. The van der Waals surface area contributed by atoms with Crippen molar-refractivity contribution in [2.24, 2.45) is 52.3 Å². The summed E-state index contributed by atoms with van der Waals surface area (Å²) in [5.41, 5.74) is 2.08. The number of fused-ring (bicyclic) bond motifs is 5. The van der Waals surface area contributed by atoms with Crippen molar-refractivity contribution < 1.29 is 19.1 Å². The van der Waals surface area contributed by atoms with Gasteiger partial charge in [0.25, 0.3) is 8.32 Å². The van der Waals surface area contributed by atoms with Crippen LogP contribution >= 0.6 is 0 Å². The molecule has 0 unspecified atom stereocenters. The highest BCUT2D eigenvalue weighted by atomic mass is 28.4. The molecule has 286 valence electrons. The van der Waals surface area contributed by atoms with Gasteiger partial charge in [0.2, 0.25) is 0 Å². The van der Waals surface area contributed by atoms with Crippen LogP contribution in [0.1, 0.15) is 127 Å². The van der Waals surface area contributed by atoms with Crippen LogP contribution in [0.25, 0.3) is 0 Å². The minimum absolute atomic E-state index is 0.000553. The lowest BCUT2D eigenvalue weighted by Gasteiger charge is -2.61. The number of hydrogen-bond acceptors (Lipinski definition) is 4. The molecule has 3 saturated carbocycles. The van der Waals surface area contributed by atoms with Crippen LogP contribution in [0.3, 0.4) is 0 Å². The minimum atomic E-state index is -2.58. The molecule has 0 aromatic heterocycles. The maximum Gasteiger partial charge on any atom is 0.302 e. The van der Waals surface area contributed by atoms with Crippen LogP contribution in [-0.2, 0) is 14.0 Å². The Morgan fingerprint density at radius 1 is 0.904 bits per heavy atom. The third-order valence-corrected chi connectivity index (χ3v) is 20.5. The third-order valence-electron chi connectivity index (χ3n) is 15.4. The van der Waals surface area contributed by atoms with Gasteiger partial charge in [0, 0.05) is 18.9 Å². The fourth-order valence-corrected chi connectivity index (χ4v) is 17.1. The number of hydrogen-bond donors (Lipinski definition) is 1. The zero-order valence-electron chi connectivity index (χ0n) is 34.0. The second-order valence-corrected chi connectivity index (χ2v) is 23.7. The summed E-state index contributed by atoms with van der Waals surface area (Å²) in [5.74, 6) is 3.65. The average Bonchev–Trinajstić information content (AvgIpc) is 3.47. The van der Waals surface area contributed by atoms with E-state index in [0.717, 1.165) is 31.1 Å². The van der Waals surface area contributed by atoms with Crippen LogP contribution < -0.4 is 10.4 Å². The first kappa shape index (κ1) is 39.5. The predicted octanol–water partition coefficient (Wildman–Crippen LogP) is 10.1. The van der Waals surface area contributed by atoms with E-state index in [9.17, 15) is 9.90 Å². The van der Waals surface area contributed by atoms with Crippen LogP contribution in [0, 0.1) is 52.3 Å². The van der Waals surface area contributed by atoms with E-state index in [-0.39, 0.29) is 28.4 Å². The lowest BCUT2D eigenvalue weighted by molar-refractivity contribution is -0.141. The van der Waals surface area contributed by atoms with E-state index in [4.69, 9.17) is 9.16 Å². The highest BCUT2D eigenvalue weighted by Gasteiger charge is 2.60. The fourth-order valence-electron chi connectivity index (χ4n) is 12.4. The molecular formula is C47H70O4Si. The number of aliphatic hydroxyl groups excluding tert-OH is 1. The maximum atomic E-state index is 11.7. The molecule has 2 aromatic carbocycles. The van der Waals surface area contributed by atoms with E-state index in [1.54, 1.807) is 0 Å². The van der Waals surface area contributed by atoms with Gasteiger partial charge in [0.05, 0.1) is 12.7 Å². The molecule has 3 fully saturated rings. The van der Waals surface area contributed by atoms with Crippen LogP contribution in [0.2, 0.25) is 5.04 Å². The molecule has 0 amide bonds. The van der Waals surface area contributed by atoms with Crippen molar-refractivity contribution in [1.82, 2.24) is 0 Å². The monoisotopic (exact) mass is 727 g/mol. The Kier molecular flexibility index (Phi) is 11.8. The summed E-state index contributed by atoms with van der Waals surface area (Å²) < 4.78 is 13.0. The van der Waals surface area contributed by atoms with Gasteiger partial charge in [-0.05, 0) is 126 Å². The van der Waals surface area contributed by atoms with Gasteiger partial charge in [-0.1, -0.05) is 128 Å². The normalized spacial score (nSPS) is 32.2. The molecule has 10 atom stereocenters. The van der Waals surface area contributed by atoms with E-state index in [1.165, 1.54) is 67.8 Å². The molecular weight excluding hydrogens is 657 g/mol. The first-order valence-electron chi connectivity index (χ1n) is 20.9. The molecule has 0 bridgehead atoms. The maximum absolute atomic E-state index is 11.7. The SMILES string of the molecule is CC(=O)OCC[C@H](C[C@@H](O)[C@@H](C)C1=CC[C@H]2[C@@H]3CC[C@H]4C[C@@H](O[Si](c5ccccc5)(c5ccccc5)C(C)(C)C)CC[C@]4(C)[C@H]3CC[C@]12C)C(C)C. The number of benzene rings is 2. The highest BCUT2D eigenvalue weighted by molar-refractivity contribution is 6.99. The number of carbonyl (C=O) groups is 1. The van der Waals surface area contributed by atoms with Crippen molar-refractivity contribution in [2.45, 2.75) is 144 Å². The number of aliphatic hydroxyl groups is 1. The van der Waals surface area contributed by atoms with E-state index in [2.05, 4.69) is 122 Å². The Morgan fingerprint density at radius 2 is 1.54 bits per heavy atom. The first-order valence-corrected chi connectivity index (χ1v) is 22.8. The van der Waals surface area contributed by atoms with Gasteiger partial charge in [0.15, 0.2) is 0 Å². The van der Waals surface area contributed by atoms with Gasteiger partial charge in [-0.15, -0.1) is 0 Å². The van der Waals surface area contributed by atoms with Crippen LogP contribution in [0.5, 0.6) is 0 Å². The summed E-state index contributed by atoms with van der Waals surface area (Å²) in [6.07, 6.45) is 14.0. The molecule has 5 heteroatoms. The van der Waals surface area contributed by atoms with Crippen LogP contribution in [-0.4, -0.2) is 38.2 Å². The molecule has 2 aromatic rings. The van der Waals surface area contributed by atoms with Crippen molar-refractivity contribution in [3.05, 3.63) is 72.3 Å². The summed E-state index contributed by atoms with van der Waals surface area (Å²) >= 11 is 0. The Labute approximate surface area is 317 Å². The first-order chi connectivity index (χ1) is 24.6. The van der Waals surface area contributed by atoms with Crippen LogP contribution in [0.15, 0.2) is 72.3 Å². The van der Waals surface area contributed by atoms with E-state index in [1.807, 2.05) is 0 Å². The molecule has 0 saturated heterocycles.